The number of fused-ring (bicyclic) bond motifs is 1. The van der Waals surface area contributed by atoms with Gasteiger partial charge in [0.1, 0.15) is 18.0 Å². The van der Waals surface area contributed by atoms with Crippen LogP contribution in [0.15, 0.2) is 47.1 Å². The van der Waals surface area contributed by atoms with Crippen LogP contribution in [0.3, 0.4) is 0 Å². The molecule has 3 aromatic heterocycles. The Kier molecular flexibility index (Phi) is 4.56. The van der Waals surface area contributed by atoms with Gasteiger partial charge in [0.2, 0.25) is 16.7 Å². The topological polar surface area (TPSA) is 77.2 Å². The number of nitrogens with zero attached hydrogens (tertiary/aromatic N) is 3. The lowest BCUT2D eigenvalue weighted by atomic mass is 10.0. The molecule has 1 aromatic carbocycles. The normalized spacial score (nSPS) is 16.6. The fourth-order valence-corrected chi connectivity index (χ4v) is 4.87. The maximum atomic E-state index is 11.0. The summed E-state index contributed by atoms with van der Waals surface area (Å²) in [6, 6.07) is 11.3. The number of rotatable bonds is 4. The van der Waals surface area contributed by atoms with Crippen LogP contribution in [0.5, 0.6) is 5.88 Å². The molecule has 1 atom stereocenters. The van der Waals surface area contributed by atoms with Gasteiger partial charge in [0.05, 0.1) is 19.5 Å². The zero-order chi connectivity index (χ0) is 19.1. The molecule has 0 radical (unpaired) electrons. The number of nitrogens with one attached hydrogen (secondary N) is 1. The maximum absolute atomic E-state index is 11.0. The first kappa shape index (κ1) is 17.7. The number of quaternary nitrogens is 1. The number of furan rings is 1. The van der Waals surface area contributed by atoms with Gasteiger partial charge in [-0.15, -0.1) is 5.10 Å². The van der Waals surface area contributed by atoms with Gasteiger partial charge in [-0.1, -0.05) is 35.1 Å². The van der Waals surface area contributed by atoms with Crippen molar-refractivity contribution in [2.24, 2.45) is 0 Å². The monoisotopic (exact) mass is 417 g/mol. The average Bonchev–Trinajstić information content (AvgIpc) is 3.43. The van der Waals surface area contributed by atoms with Gasteiger partial charge in [-0.3, -0.25) is 0 Å². The minimum atomic E-state index is -0.0401. The van der Waals surface area contributed by atoms with Crippen molar-refractivity contribution in [3.05, 3.63) is 58.1 Å². The highest BCUT2D eigenvalue weighted by Crippen LogP contribution is 2.36. The molecule has 1 aliphatic rings. The molecule has 0 amide bonds. The van der Waals surface area contributed by atoms with E-state index in [0.717, 1.165) is 23.5 Å². The second-order valence-electron chi connectivity index (χ2n) is 6.65. The fourth-order valence-electron chi connectivity index (χ4n) is 3.60. The molecule has 0 aliphatic carbocycles. The lowest BCUT2D eigenvalue weighted by Crippen LogP contribution is -3.14. The number of thiazole rings is 1. The predicted octanol–water partition coefficient (Wildman–Crippen LogP) is 2.41. The summed E-state index contributed by atoms with van der Waals surface area (Å²) in [5.41, 5.74) is 1.09. The minimum Gasteiger partial charge on any atom is -0.492 e. The molecule has 9 heteroatoms. The van der Waals surface area contributed by atoms with Crippen molar-refractivity contribution in [2.75, 3.05) is 26.3 Å². The Morgan fingerprint density at radius 2 is 1.96 bits per heavy atom. The Morgan fingerprint density at radius 1 is 1.18 bits per heavy atom. The Labute approximate surface area is 169 Å². The van der Waals surface area contributed by atoms with E-state index in [1.807, 2.05) is 24.3 Å². The molecule has 0 saturated carbocycles. The average molecular weight is 418 g/mol. The van der Waals surface area contributed by atoms with Crippen LogP contribution in [-0.4, -0.2) is 46.0 Å². The molecule has 1 aliphatic heterocycles. The standard InChI is InChI=1S/C19H17ClN4O3S/c20-13-5-3-12(4-6-13)15(23-7-10-26-11-8-23)16-18(25)24-19(28-16)21-17(22-24)14-2-1-9-27-14/h1-6,9,15,25H,7-8,10-11H2/p+1/t15-/m1/s1. The molecule has 144 valence electrons. The quantitative estimate of drug-likeness (QED) is 0.533. The van der Waals surface area contributed by atoms with Gasteiger partial charge >= 0.3 is 0 Å². The first-order chi connectivity index (χ1) is 13.7. The van der Waals surface area contributed by atoms with E-state index < -0.39 is 0 Å². The SMILES string of the molecule is Oc1c([C@@H](c2ccc(Cl)cc2)[NH+]2CCOCC2)sc2nc(-c3ccco3)nn12. The Bertz CT molecular complexity index is 1080. The molecule has 1 saturated heterocycles. The second-order valence-corrected chi connectivity index (χ2v) is 8.10. The van der Waals surface area contributed by atoms with E-state index in [-0.39, 0.29) is 11.9 Å². The summed E-state index contributed by atoms with van der Waals surface area (Å²) in [4.78, 5) is 7.33. The predicted molar refractivity (Wildman–Crippen MR) is 105 cm³/mol. The fraction of sp³-hybridized carbons (Fsp3) is 0.263. The second kappa shape index (κ2) is 7.21. The van der Waals surface area contributed by atoms with Gasteiger partial charge in [0.25, 0.3) is 0 Å². The van der Waals surface area contributed by atoms with E-state index in [9.17, 15) is 5.11 Å². The highest BCUT2D eigenvalue weighted by Gasteiger charge is 2.34. The van der Waals surface area contributed by atoms with E-state index in [1.54, 1.807) is 18.4 Å². The molecule has 2 N–H and O–H groups in total. The van der Waals surface area contributed by atoms with Crippen molar-refractivity contribution < 1.29 is 19.2 Å². The summed E-state index contributed by atoms with van der Waals surface area (Å²) in [6.45, 7) is 3.11. The molecule has 0 bridgehead atoms. The van der Waals surface area contributed by atoms with Gasteiger partial charge in [-0.25, -0.2) is 0 Å². The van der Waals surface area contributed by atoms with Gasteiger partial charge in [0.15, 0.2) is 11.8 Å². The van der Waals surface area contributed by atoms with Gasteiger partial charge in [-0.05, 0) is 24.3 Å². The number of halogens is 1. The zero-order valence-corrected chi connectivity index (χ0v) is 16.4. The smallest absolute Gasteiger partial charge is 0.235 e. The van der Waals surface area contributed by atoms with Crippen LogP contribution in [0, 0.1) is 0 Å². The van der Waals surface area contributed by atoms with Crippen LogP contribution >= 0.6 is 22.9 Å². The molecule has 4 aromatic rings. The van der Waals surface area contributed by atoms with Crippen LogP contribution in [0.25, 0.3) is 16.5 Å². The van der Waals surface area contributed by atoms with E-state index in [2.05, 4.69) is 10.1 Å². The first-order valence-corrected chi connectivity index (χ1v) is 10.2. The number of morpholine rings is 1. The van der Waals surface area contributed by atoms with Crippen molar-refractivity contribution in [1.82, 2.24) is 14.6 Å². The molecule has 4 heterocycles. The zero-order valence-electron chi connectivity index (χ0n) is 14.8. The van der Waals surface area contributed by atoms with E-state index in [0.29, 0.717) is 34.8 Å². The van der Waals surface area contributed by atoms with Crippen molar-refractivity contribution in [3.63, 3.8) is 0 Å². The summed E-state index contributed by atoms with van der Waals surface area (Å²) in [7, 11) is 0. The van der Waals surface area contributed by atoms with Crippen LogP contribution in [0.1, 0.15) is 16.5 Å². The van der Waals surface area contributed by atoms with E-state index >= 15 is 0 Å². The summed E-state index contributed by atoms with van der Waals surface area (Å²) < 4.78 is 12.4. The highest BCUT2D eigenvalue weighted by atomic mass is 35.5. The number of ether oxygens (including phenoxy) is 1. The lowest BCUT2D eigenvalue weighted by Gasteiger charge is -2.31. The van der Waals surface area contributed by atoms with E-state index in [1.165, 1.54) is 20.8 Å². The first-order valence-electron chi connectivity index (χ1n) is 9.01. The van der Waals surface area contributed by atoms with Crippen LogP contribution in [0.4, 0.5) is 0 Å². The Balaban J connectivity index is 1.59. The molecule has 7 nitrogen and oxygen atoms in total. The third-order valence-corrected chi connectivity index (χ3v) is 6.29. The van der Waals surface area contributed by atoms with Crippen molar-refractivity contribution in [1.29, 1.82) is 0 Å². The third-order valence-electron chi connectivity index (χ3n) is 4.95. The van der Waals surface area contributed by atoms with Crippen molar-refractivity contribution >= 4 is 27.9 Å². The summed E-state index contributed by atoms with van der Waals surface area (Å²) in [5.74, 6) is 1.15. The summed E-state index contributed by atoms with van der Waals surface area (Å²) >= 11 is 7.53. The molecular formula is C19H18ClN4O3S+. The van der Waals surface area contributed by atoms with Crippen molar-refractivity contribution in [3.8, 4) is 17.5 Å². The number of aromatic nitrogens is 3. The van der Waals surface area contributed by atoms with E-state index in [4.69, 9.17) is 20.8 Å². The minimum absolute atomic E-state index is 0.0401. The van der Waals surface area contributed by atoms with Crippen LogP contribution in [0.2, 0.25) is 5.02 Å². The Morgan fingerprint density at radius 3 is 2.64 bits per heavy atom. The number of hydrogen-bond donors (Lipinski definition) is 2. The Hall–Kier alpha value is -2.39. The van der Waals surface area contributed by atoms with Crippen LogP contribution < -0.4 is 4.90 Å². The number of hydrogen-bond acceptors (Lipinski definition) is 6. The number of aromatic hydroxyl groups is 1. The summed E-state index contributed by atoms with van der Waals surface area (Å²) in [6.07, 6.45) is 1.58. The third kappa shape index (κ3) is 3.08. The molecular weight excluding hydrogens is 400 g/mol. The molecule has 1 fully saturated rings. The van der Waals surface area contributed by atoms with Gasteiger partial charge in [-0.2, -0.15) is 9.50 Å². The van der Waals surface area contributed by atoms with Crippen LogP contribution in [-0.2, 0) is 4.74 Å². The van der Waals surface area contributed by atoms with Gasteiger partial charge < -0.3 is 19.2 Å². The highest BCUT2D eigenvalue weighted by molar-refractivity contribution is 7.17. The largest absolute Gasteiger partial charge is 0.492 e. The van der Waals surface area contributed by atoms with Gasteiger partial charge in [0, 0.05) is 10.6 Å². The molecule has 28 heavy (non-hydrogen) atoms. The van der Waals surface area contributed by atoms with Crippen molar-refractivity contribution in [2.45, 2.75) is 6.04 Å². The molecule has 5 rings (SSSR count). The maximum Gasteiger partial charge on any atom is 0.235 e. The molecule has 0 spiro atoms. The lowest BCUT2D eigenvalue weighted by molar-refractivity contribution is -0.932. The summed E-state index contributed by atoms with van der Waals surface area (Å²) in [5, 5.41) is 16.1. The molecule has 0 unspecified atom stereocenters. The number of benzene rings is 1.